The molecule has 0 aliphatic rings. The van der Waals surface area contributed by atoms with Crippen molar-refractivity contribution < 1.29 is 8.42 Å². The van der Waals surface area contributed by atoms with E-state index < -0.39 is 10.0 Å². The van der Waals surface area contributed by atoms with Crippen molar-refractivity contribution in [1.82, 2.24) is 0 Å². The molecular weight excluding hydrogens is 364 g/mol. The van der Waals surface area contributed by atoms with E-state index in [0.29, 0.717) is 20.9 Å². The van der Waals surface area contributed by atoms with Gasteiger partial charge in [0.1, 0.15) is 0 Å². The lowest BCUT2D eigenvalue weighted by Gasteiger charge is -2.20. The molecule has 0 amide bonds. The van der Waals surface area contributed by atoms with Gasteiger partial charge in [-0.15, -0.1) is 0 Å². The summed E-state index contributed by atoms with van der Waals surface area (Å²) in [5.74, 6) is 0. The van der Waals surface area contributed by atoms with Crippen molar-refractivity contribution in [2.24, 2.45) is 0 Å². The lowest BCUT2D eigenvalue weighted by Crippen LogP contribution is -2.26. The van der Waals surface area contributed by atoms with Crippen molar-refractivity contribution in [2.75, 3.05) is 17.1 Å². The zero-order chi connectivity index (χ0) is 14.9. The predicted molar refractivity (Wildman–Crippen MR) is 85.6 cm³/mol. The molecule has 20 heavy (non-hydrogen) atoms. The highest BCUT2D eigenvalue weighted by Gasteiger charge is 2.22. The predicted octanol–water partition coefficient (Wildman–Crippen LogP) is 3.51. The van der Waals surface area contributed by atoms with Gasteiger partial charge in [0.2, 0.25) is 0 Å². The number of nitrogens with two attached hydrogens (primary N) is 1. The van der Waals surface area contributed by atoms with Gasteiger partial charge in [0.05, 0.1) is 15.6 Å². The first-order chi connectivity index (χ1) is 9.32. The Bertz CT molecular complexity index is 750. The number of hydrogen-bond acceptors (Lipinski definition) is 3. The quantitative estimate of drug-likeness (QED) is 0.835. The van der Waals surface area contributed by atoms with Gasteiger partial charge in [-0.2, -0.15) is 0 Å². The van der Waals surface area contributed by atoms with Crippen LogP contribution in [0.25, 0.3) is 0 Å². The van der Waals surface area contributed by atoms with Crippen LogP contribution in [0.1, 0.15) is 0 Å². The number of sulfonamides is 1. The molecule has 2 rings (SSSR count). The number of halogens is 2. The van der Waals surface area contributed by atoms with Gasteiger partial charge in [0.25, 0.3) is 10.0 Å². The summed E-state index contributed by atoms with van der Waals surface area (Å²) < 4.78 is 26.8. The molecule has 0 saturated heterocycles. The minimum absolute atomic E-state index is 0.152. The SMILES string of the molecule is CN(c1cccc(N)c1)S(=O)(=O)c1ccc(Cl)c(Br)c1. The van der Waals surface area contributed by atoms with Crippen LogP contribution in [0.15, 0.2) is 51.8 Å². The number of hydrogen-bond donors (Lipinski definition) is 1. The second-order valence-electron chi connectivity index (χ2n) is 4.14. The van der Waals surface area contributed by atoms with Gasteiger partial charge in [-0.05, 0) is 52.3 Å². The monoisotopic (exact) mass is 374 g/mol. The first kappa shape index (κ1) is 15.2. The van der Waals surface area contributed by atoms with Crippen molar-refractivity contribution in [2.45, 2.75) is 4.90 Å². The number of nitrogen functional groups attached to an aromatic ring is 1. The van der Waals surface area contributed by atoms with Crippen molar-refractivity contribution in [3.8, 4) is 0 Å². The second-order valence-corrected chi connectivity index (χ2v) is 7.37. The summed E-state index contributed by atoms with van der Waals surface area (Å²) in [5, 5.41) is 0.454. The van der Waals surface area contributed by atoms with Gasteiger partial charge >= 0.3 is 0 Å². The van der Waals surface area contributed by atoms with E-state index in [-0.39, 0.29) is 4.90 Å². The summed E-state index contributed by atoms with van der Waals surface area (Å²) in [7, 11) is -2.18. The Labute approximate surface area is 131 Å². The van der Waals surface area contributed by atoms with Gasteiger partial charge in [0, 0.05) is 17.2 Å². The highest BCUT2D eigenvalue weighted by molar-refractivity contribution is 9.10. The summed E-state index contributed by atoms with van der Waals surface area (Å²) in [6.07, 6.45) is 0. The molecule has 0 saturated carbocycles. The van der Waals surface area contributed by atoms with E-state index in [2.05, 4.69) is 15.9 Å². The molecule has 0 aliphatic carbocycles. The fraction of sp³-hybridized carbons (Fsp3) is 0.0769. The molecule has 106 valence electrons. The Morgan fingerprint density at radius 2 is 1.90 bits per heavy atom. The standard InChI is InChI=1S/C13H12BrClN2O2S/c1-17(10-4-2-3-9(16)7-10)20(18,19)11-5-6-13(15)12(14)8-11/h2-8H,16H2,1H3. The topological polar surface area (TPSA) is 63.4 Å². The third-order valence-corrected chi connectivity index (χ3v) is 5.78. The van der Waals surface area contributed by atoms with Crippen LogP contribution in [-0.2, 0) is 10.0 Å². The van der Waals surface area contributed by atoms with E-state index in [0.717, 1.165) is 0 Å². The molecule has 4 nitrogen and oxygen atoms in total. The van der Waals surface area contributed by atoms with Crippen LogP contribution in [0.2, 0.25) is 5.02 Å². The lowest BCUT2D eigenvalue weighted by molar-refractivity contribution is 0.594. The Hall–Kier alpha value is -1.24. The second kappa shape index (κ2) is 5.63. The number of rotatable bonds is 3. The summed E-state index contributed by atoms with van der Waals surface area (Å²) >= 11 is 9.10. The maximum atomic E-state index is 12.5. The fourth-order valence-corrected chi connectivity index (χ4v) is 3.52. The zero-order valence-electron chi connectivity index (χ0n) is 10.5. The van der Waals surface area contributed by atoms with Crippen molar-refractivity contribution in [1.29, 1.82) is 0 Å². The van der Waals surface area contributed by atoms with Crippen molar-refractivity contribution in [3.63, 3.8) is 0 Å². The minimum Gasteiger partial charge on any atom is -0.399 e. The summed E-state index contributed by atoms with van der Waals surface area (Å²) in [5.41, 5.74) is 6.67. The molecule has 2 aromatic carbocycles. The third kappa shape index (κ3) is 2.92. The van der Waals surface area contributed by atoms with E-state index in [1.54, 1.807) is 24.3 Å². The molecule has 0 radical (unpaired) electrons. The van der Waals surface area contributed by atoms with E-state index in [1.165, 1.54) is 29.6 Å². The number of benzene rings is 2. The van der Waals surface area contributed by atoms with Crippen LogP contribution >= 0.6 is 27.5 Å². The van der Waals surface area contributed by atoms with Gasteiger partial charge in [-0.3, -0.25) is 4.31 Å². The number of nitrogens with zero attached hydrogens (tertiary/aromatic N) is 1. The van der Waals surface area contributed by atoms with Crippen LogP contribution in [0.3, 0.4) is 0 Å². The summed E-state index contributed by atoms with van der Waals surface area (Å²) in [6, 6.07) is 11.1. The maximum absolute atomic E-state index is 12.5. The highest BCUT2D eigenvalue weighted by Crippen LogP contribution is 2.28. The first-order valence-electron chi connectivity index (χ1n) is 5.62. The molecule has 2 aromatic rings. The van der Waals surface area contributed by atoms with Gasteiger partial charge in [-0.25, -0.2) is 8.42 Å². The third-order valence-electron chi connectivity index (χ3n) is 2.78. The smallest absolute Gasteiger partial charge is 0.264 e. The van der Waals surface area contributed by atoms with Gasteiger partial charge in [0.15, 0.2) is 0 Å². The lowest BCUT2D eigenvalue weighted by atomic mass is 10.3. The van der Waals surface area contributed by atoms with Crippen molar-refractivity contribution >= 4 is 48.9 Å². The van der Waals surface area contributed by atoms with Crippen LogP contribution < -0.4 is 10.0 Å². The average molecular weight is 376 g/mol. The molecule has 0 bridgehead atoms. The van der Waals surface area contributed by atoms with Gasteiger partial charge < -0.3 is 5.73 Å². The highest BCUT2D eigenvalue weighted by atomic mass is 79.9. The van der Waals surface area contributed by atoms with Crippen LogP contribution in [0, 0.1) is 0 Å². The number of anilines is 2. The van der Waals surface area contributed by atoms with E-state index in [9.17, 15) is 8.42 Å². The first-order valence-corrected chi connectivity index (χ1v) is 8.23. The Morgan fingerprint density at radius 1 is 1.20 bits per heavy atom. The molecule has 0 heterocycles. The minimum atomic E-state index is -3.66. The summed E-state index contributed by atoms with van der Waals surface area (Å²) in [6.45, 7) is 0. The largest absolute Gasteiger partial charge is 0.399 e. The molecule has 7 heteroatoms. The average Bonchev–Trinajstić information content (AvgIpc) is 2.40. The molecule has 0 fully saturated rings. The molecule has 0 atom stereocenters. The Morgan fingerprint density at radius 3 is 2.50 bits per heavy atom. The molecule has 0 aliphatic heterocycles. The van der Waals surface area contributed by atoms with E-state index in [4.69, 9.17) is 17.3 Å². The Kier molecular flexibility index (Phi) is 4.27. The molecule has 2 N–H and O–H groups in total. The zero-order valence-corrected chi connectivity index (χ0v) is 13.7. The molecule has 0 aromatic heterocycles. The molecule has 0 unspecified atom stereocenters. The van der Waals surface area contributed by atoms with Crippen LogP contribution in [0.4, 0.5) is 11.4 Å². The molecule has 0 spiro atoms. The molecular formula is C13H12BrClN2O2S. The van der Waals surface area contributed by atoms with Crippen molar-refractivity contribution in [3.05, 3.63) is 52.0 Å². The van der Waals surface area contributed by atoms with Crippen LogP contribution in [0.5, 0.6) is 0 Å². The normalized spacial score (nSPS) is 11.3. The Balaban J connectivity index is 2.46. The van der Waals surface area contributed by atoms with E-state index in [1.807, 2.05) is 0 Å². The van der Waals surface area contributed by atoms with E-state index >= 15 is 0 Å². The van der Waals surface area contributed by atoms with Crippen LogP contribution in [-0.4, -0.2) is 15.5 Å². The maximum Gasteiger partial charge on any atom is 0.264 e. The van der Waals surface area contributed by atoms with Gasteiger partial charge in [-0.1, -0.05) is 17.7 Å². The fourth-order valence-electron chi connectivity index (χ4n) is 1.65. The summed E-state index contributed by atoms with van der Waals surface area (Å²) in [4.78, 5) is 0.152.